The molecule has 0 aliphatic carbocycles. The van der Waals surface area contributed by atoms with Gasteiger partial charge in [0.15, 0.2) is 11.6 Å². The van der Waals surface area contributed by atoms with E-state index in [2.05, 4.69) is 4.98 Å². The smallest absolute Gasteiger partial charge is 0.255 e. The zero-order valence-electron chi connectivity index (χ0n) is 7.40. The molecule has 0 amide bonds. The van der Waals surface area contributed by atoms with Gasteiger partial charge in [-0.25, -0.2) is 8.78 Å². The highest BCUT2D eigenvalue weighted by Crippen LogP contribution is 2.17. The van der Waals surface area contributed by atoms with E-state index in [1.807, 2.05) is 0 Å². The summed E-state index contributed by atoms with van der Waals surface area (Å²) < 4.78 is 25.7. The van der Waals surface area contributed by atoms with Crippen LogP contribution in [0.25, 0.3) is 10.8 Å². The number of benzene rings is 1. The summed E-state index contributed by atoms with van der Waals surface area (Å²) in [7, 11) is 0. The predicted octanol–water partition coefficient (Wildman–Crippen LogP) is 2.11. The van der Waals surface area contributed by atoms with E-state index in [0.717, 1.165) is 12.1 Å². The number of fused-ring (bicyclic) bond motifs is 1. The molecule has 14 heavy (non-hydrogen) atoms. The molecule has 0 unspecified atom stereocenters. The molecule has 4 heteroatoms. The van der Waals surface area contributed by atoms with Crippen molar-refractivity contribution in [1.29, 1.82) is 0 Å². The van der Waals surface area contributed by atoms with Crippen molar-refractivity contribution in [3.05, 3.63) is 45.9 Å². The molecule has 72 valence electrons. The van der Waals surface area contributed by atoms with E-state index in [4.69, 9.17) is 0 Å². The average molecular weight is 195 g/mol. The number of hydrogen-bond acceptors (Lipinski definition) is 1. The van der Waals surface area contributed by atoms with Gasteiger partial charge in [0.2, 0.25) is 0 Å². The topological polar surface area (TPSA) is 32.9 Å². The van der Waals surface area contributed by atoms with Crippen molar-refractivity contribution in [1.82, 2.24) is 4.98 Å². The van der Waals surface area contributed by atoms with E-state index in [1.54, 1.807) is 6.92 Å². The quantitative estimate of drug-likeness (QED) is 0.686. The van der Waals surface area contributed by atoms with Crippen LogP contribution < -0.4 is 5.56 Å². The van der Waals surface area contributed by atoms with E-state index >= 15 is 0 Å². The first-order chi connectivity index (χ1) is 6.59. The van der Waals surface area contributed by atoms with Crippen LogP contribution in [-0.2, 0) is 0 Å². The van der Waals surface area contributed by atoms with Gasteiger partial charge >= 0.3 is 0 Å². The summed E-state index contributed by atoms with van der Waals surface area (Å²) in [5, 5.41) is 0.608. The van der Waals surface area contributed by atoms with Crippen molar-refractivity contribution in [2.75, 3.05) is 0 Å². The molecule has 2 aromatic rings. The molecule has 1 N–H and O–H groups in total. The van der Waals surface area contributed by atoms with Crippen LogP contribution in [0.15, 0.2) is 23.1 Å². The highest BCUT2D eigenvalue weighted by molar-refractivity contribution is 5.84. The molecule has 0 saturated carbocycles. The normalized spacial score (nSPS) is 10.8. The molecule has 0 atom stereocenters. The maximum Gasteiger partial charge on any atom is 0.255 e. The van der Waals surface area contributed by atoms with Gasteiger partial charge in [-0.2, -0.15) is 0 Å². The van der Waals surface area contributed by atoms with Crippen molar-refractivity contribution in [3.63, 3.8) is 0 Å². The third-order valence-corrected chi connectivity index (χ3v) is 2.15. The van der Waals surface area contributed by atoms with Gasteiger partial charge in [-0.15, -0.1) is 0 Å². The van der Waals surface area contributed by atoms with Crippen LogP contribution in [0.3, 0.4) is 0 Å². The Kier molecular flexibility index (Phi) is 1.84. The van der Waals surface area contributed by atoms with E-state index in [9.17, 15) is 13.6 Å². The molecular weight excluding hydrogens is 188 g/mol. The van der Waals surface area contributed by atoms with Crippen LogP contribution in [0.5, 0.6) is 0 Å². The van der Waals surface area contributed by atoms with Gasteiger partial charge < -0.3 is 4.98 Å². The minimum atomic E-state index is -1.01. The second-order valence-corrected chi connectivity index (χ2v) is 3.11. The third kappa shape index (κ3) is 1.19. The Labute approximate surface area is 78.2 Å². The molecule has 1 aromatic carbocycles. The lowest BCUT2D eigenvalue weighted by Crippen LogP contribution is -2.06. The van der Waals surface area contributed by atoms with Gasteiger partial charge in [-0.3, -0.25) is 4.79 Å². The van der Waals surface area contributed by atoms with E-state index in [1.165, 1.54) is 6.20 Å². The van der Waals surface area contributed by atoms with Crippen LogP contribution in [-0.4, -0.2) is 4.98 Å². The average Bonchev–Trinajstić information content (AvgIpc) is 2.15. The Bertz CT molecular complexity index is 560. The van der Waals surface area contributed by atoms with Gasteiger partial charge in [-0.05, 0) is 30.0 Å². The first-order valence-corrected chi connectivity index (χ1v) is 4.06. The predicted molar refractivity (Wildman–Crippen MR) is 49.2 cm³/mol. The van der Waals surface area contributed by atoms with Crippen LogP contribution in [0.4, 0.5) is 8.78 Å². The largest absolute Gasteiger partial charge is 0.328 e. The van der Waals surface area contributed by atoms with Crippen molar-refractivity contribution in [3.8, 4) is 0 Å². The second-order valence-electron chi connectivity index (χ2n) is 3.11. The number of rotatable bonds is 0. The highest BCUT2D eigenvalue weighted by Gasteiger charge is 2.07. The van der Waals surface area contributed by atoms with E-state index in [-0.39, 0.29) is 5.39 Å². The Morgan fingerprint density at radius 3 is 2.36 bits per heavy atom. The zero-order valence-corrected chi connectivity index (χ0v) is 7.40. The fourth-order valence-corrected chi connectivity index (χ4v) is 1.39. The molecule has 0 saturated heterocycles. The van der Waals surface area contributed by atoms with Crippen LogP contribution >= 0.6 is 0 Å². The van der Waals surface area contributed by atoms with E-state index < -0.39 is 17.2 Å². The Balaban J connectivity index is 3.02. The van der Waals surface area contributed by atoms with Gasteiger partial charge in [0, 0.05) is 6.20 Å². The minimum Gasteiger partial charge on any atom is -0.328 e. The molecule has 0 spiro atoms. The summed E-state index contributed by atoms with van der Waals surface area (Å²) >= 11 is 0. The number of hydrogen-bond donors (Lipinski definition) is 1. The number of nitrogens with one attached hydrogen (secondary N) is 1. The molecule has 0 bridgehead atoms. The van der Waals surface area contributed by atoms with Crippen molar-refractivity contribution >= 4 is 10.8 Å². The Morgan fingerprint density at radius 1 is 1.14 bits per heavy atom. The molecule has 0 fully saturated rings. The fraction of sp³-hybridized carbons (Fsp3) is 0.100. The molecule has 2 nitrogen and oxygen atoms in total. The van der Waals surface area contributed by atoms with Crippen molar-refractivity contribution in [2.45, 2.75) is 6.92 Å². The van der Waals surface area contributed by atoms with Crippen molar-refractivity contribution < 1.29 is 8.78 Å². The lowest BCUT2D eigenvalue weighted by atomic mass is 10.1. The summed E-state index contributed by atoms with van der Waals surface area (Å²) in [6, 6.07) is 1.95. The first-order valence-electron chi connectivity index (χ1n) is 4.06. The molecule has 0 aliphatic rings. The Morgan fingerprint density at radius 2 is 1.71 bits per heavy atom. The van der Waals surface area contributed by atoms with Crippen LogP contribution in [0.2, 0.25) is 0 Å². The monoisotopic (exact) mass is 195 g/mol. The molecule has 0 radical (unpaired) electrons. The van der Waals surface area contributed by atoms with Gasteiger partial charge in [0.25, 0.3) is 5.56 Å². The van der Waals surface area contributed by atoms with Gasteiger partial charge in [0.05, 0.1) is 5.39 Å². The minimum absolute atomic E-state index is 0.170. The van der Waals surface area contributed by atoms with Crippen LogP contribution in [0.1, 0.15) is 5.56 Å². The second kappa shape index (κ2) is 2.90. The summed E-state index contributed by atoms with van der Waals surface area (Å²) in [4.78, 5) is 13.7. The molecule has 2 rings (SSSR count). The SMILES string of the molecule is Cc1c[nH]c(=O)c2cc(F)c(F)cc12. The molecule has 1 heterocycles. The summed E-state index contributed by atoms with van der Waals surface area (Å²) in [5.41, 5.74) is 0.294. The highest BCUT2D eigenvalue weighted by atomic mass is 19.2. The standard InChI is InChI=1S/C10H7F2NO/c1-5-4-13-10(14)7-3-9(12)8(11)2-6(5)7/h2-4H,1H3,(H,13,14). The first kappa shape index (κ1) is 8.87. The van der Waals surface area contributed by atoms with Crippen LogP contribution in [0, 0.1) is 18.6 Å². The number of aromatic nitrogens is 1. The molecule has 1 aromatic heterocycles. The number of halogens is 2. The number of pyridine rings is 1. The Hall–Kier alpha value is -1.71. The fourth-order valence-electron chi connectivity index (χ4n) is 1.39. The van der Waals surface area contributed by atoms with Gasteiger partial charge in [-0.1, -0.05) is 0 Å². The maximum atomic E-state index is 12.9. The summed E-state index contributed by atoms with van der Waals surface area (Å²) in [6.45, 7) is 1.72. The maximum absolute atomic E-state index is 12.9. The molecular formula is C10H7F2NO. The number of aromatic amines is 1. The third-order valence-electron chi connectivity index (χ3n) is 2.15. The number of H-pyrrole nitrogens is 1. The van der Waals surface area contributed by atoms with E-state index in [0.29, 0.717) is 10.9 Å². The number of aryl methyl sites for hydroxylation is 1. The lowest BCUT2D eigenvalue weighted by molar-refractivity contribution is 0.511. The molecule has 0 aliphatic heterocycles. The van der Waals surface area contributed by atoms with Gasteiger partial charge in [0.1, 0.15) is 0 Å². The summed E-state index contributed by atoms with van der Waals surface area (Å²) in [6.07, 6.45) is 1.47. The summed E-state index contributed by atoms with van der Waals surface area (Å²) in [5.74, 6) is -1.94. The van der Waals surface area contributed by atoms with Crippen molar-refractivity contribution in [2.24, 2.45) is 0 Å². The zero-order chi connectivity index (χ0) is 10.3. The lowest BCUT2D eigenvalue weighted by Gasteiger charge is -2.01.